The van der Waals surface area contributed by atoms with Crippen molar-refractivity contribution in [2.75, 3.05) is 13.2 Å². The number of allylic oxidation sites excluding steroid dienone is 1. The SMILES string of the molecule is C=C(CO[Si](c1ccccc1)(c1ccccc1)C(C)(C)C)C1=CCOC1CC/C(=C/c1ccc(CO)o1)c1ccccc1. The molecule has 4 aromatic rings. The van der Waals surface area contributed by atoms with E-state index in [1.165, 1.54) is 10.4 Å². The van der Waals surface area contributed by atoms with Crippen LogP contribution < -0.4 is 10.4 Å². The third-order valence-electron chi connectivity index (χ3n) is 8.21. The van der Waals surface area contributed by atoms with Crippen molar-refractivity contribution in [1.29, 1.82) is 0 Å². The number of furan rings is 1. The van der Waals surface area contributed by atoms with Gasteiger partial charge in [-0.3, -0.25) is 0 Å². The van der Waals surface area contributed by atoms with Crippen molar-refractivity contribution in [3.63, 3.8) is 0 Å². The van der Waals surface area contributed by atoms with Crippen LogP contribution in [0.2, 0.25) is 5.04 Å². The Hall–Kier alpha value is -3.74. The molecule has 1 unspecified atom stereocenters. The molecule has 3 aromatic carbocycles. The quantitative estimate of drug-likeness (QED) is 0.173. The Bertz CT molecular complexity index is 1510. The standard InChI is InChI=1S/C38H42O4Si/c1-29(28-41-43(38(2,3)4,34-16-10-6-11-17-34)35-18-12-7-13-19-35)36-24-25-40-37(36)23-20-31(30-14-8-5-9-15-30)26-32-21-22-33(27-39)42-32/h5-19,21-22,24,26,37,39H,1,20,23,25,27-28H2,2-4H3/b31-26-. The van der Waals surface area contributed by atoms with Crippen LogP contribution in [-0.2, 0) is 15.8 Å². The van der Waals surface area contributed by atoms with Crippen molar-refractivity contribution in [3.8, 4) is 0 Å². The molecular formula is C38H42O4Si. The van der Waals surface area contributed by atoms with Crippen LogP contribution in [0.1, 0.15) is 50.7 Å². The fourth-order valence-corrected chi connectivity index (χ4v) is 10.6. The highest BCUT2D eigenvalue weighted by molar-refractivity contribution is 6.99. The number of hydrogen-bond donors (Lipinski definition) is 1. The fourth-order valence-electron chi connectivity index (χ4n) is 6.09. The molecule has 5 heteroatoms. The zero-order valence-corrected chi connectivity index (χ0v) is 26.5. The van der Waals surface area contributed by atoms with Crippen molar-refractivity contribution in [3.05, 3.63) is 144 Å². The highest BCUT2D eigenvalue weighted by Crippen LogP contribution is 2.38. The highest BCUT2D eigenvalue weighted by atomic mass is 28.4. The average Bonchev–Trinajstić information content (AvgIpc) is 3.70. The molecule has 0 bridgehead atoms. The average molecular weight is 591 g/mol. The molecule has 0 aliphatic carbocycles. The third-order valence-corrected chi connectivity index (χ3v) is 13.2. The topological polar surface area (TPSA) is 51.8 Å². The van der Waals surface area contributed by atoms with Gasteiger partial charge in [-0.1, -0.05) is 124 Å². The Labute approximate surface area is 257 Å². The molecule has 0 spiro atoms. The molecule has 1 N–H and O–H groups in total. The van der Waals surface area contributed by atoms with Gasteiger partial charge in [0.1, 0.15) is 18.1 Å². The van der Waals surface area contributed by atoms with Crippen LogP contribution >= 0.6 is 0 Å². The molecule has 0 saturated heterocycles. The summed E-state index contributed by atoms with van der Waals surface area (Å²) in [6.45, 7) is 12.3. The number of benzene rings is 3. The summed E-state index contributed by atoms with van der Waals surface area (Å²) in [5.41, 5.74) is 4.40. The van der Waals surface area contributed by atoms with Gasteiger partial charge < -0.3 is 18.7 Å². The first kappa shape index (κ1) is 30.7. The van der Waals surface area contributed by atoms with Crippen LogP contribution in [-0.4, -0.2) is 32.7 Å². The Balaban J connectivity index is 1.35. The number of aliphatic hydroxyl groups excluding tert-OH is 1. The maximum Gasteiger partial charge on any atom is 0.261 e. The molecule has 1 aliphatic rings. The van der Waals surface area contributed by atoms with E-state index in [-0.39, 0.29) is 17.7 Å². The van der Waals surface area contributed by atoms with Gasteiger partial charge in [0, 0.05) is 0 Å². The first-order valence-electron chi connectivity index (χ1n) is 15.0. The normalized spacial score (nSPS) is 15.9. The minimum atomic E-state index is -2.68. The summed E-state index contributed by atoms with van der Waals surface area (Å²) in [6.07, 6.45) is 5.76. The van der Waals surface area contributed by atoms with Crippen LogP contribution in [0, 0.1) is 0 Å². The first-order valence-corrected chi connectivity index (χ1v) is 16.9. The van der Waals surface area contributed by atoms with Gasteiger partial charge in [-0.2, -0.15) is 0 Å². The van der Waals surface area contributed by atoms with Crippen LogP contribution in [0.5, 0.6) is 0 Å². The minimum absolute atomic E-state index is 0.0630. The van der Waals surface area contributed by atoms with Gasteiger partial charge in [-0.25, -0.2) is 0 Å². The maximum absolute atomic E-state index is 9.44. The van der Waals surface area contributed by atoms with Crippen molar-refractivity contribution < 1.29 is 18.7 Å². The number of hydrogen-bond acceptors (Lipinski definition) is 4. The van der Waals surface area contributed by atoms with E-state index in [0.29, 0.717) is 19.0 Å². The van der Waals surface area contributed by atoms with E-state index in [1.807, 2.05) is 30.3 Å². The van der Waals surface area contributed by atoms with Gasteiger partial charge >= 0.3 is 0 Å². The Morgan fingerprint density at radius 3 is 2.07 bits per heavy atom. The van der Waals surface area contributed by atoms with Crippen molar-refractivity contribution in [2.24, 2.45) is 0 Å². The fraction of sp³-hybridized carbons (Fsp3) is 0.263. The van der Waals surface area contributed by atoms with Gasteiger partial charge in [0.2, 0.25) is 0 Å². The Morgan fingerprint density at radius 2 is 1.51 bits per heavy atom. The van der Waals surface area contributed by atoms with Crippen molar-refractivity contribution in [1.82, 2.24) is 0 Å². The minimum Gasteiger partial charge on any atom is -0.459 e. The summed E-state index contributed by atoms with van der Waals surface area (Å²) in [5.74, 6) is 1.29. The van der Waals surface area contributed by atoms with Gasteiger partial charge in [0.05, 0.1) is 19.3 Å². The van der Waals surface area contributed by atoms with Crippen LogP contribution in [0.15, 0.2) is 131 Å². The summed E-state index contributed by atoms with van der Waals surface area (Å²) in [5, 5.41) is 11.9. The molecule has 43 heavy (non-hydrogen) atoms. The number of aliphatic hydroxyl groups is 1. The third kappa shape index (κ3) is 6.92. The van der Waals surface area contributed by atoms with Crippen LogP contribution in [0.4, 0.5) is 0 Å². The molecule has 1 aromatic heterocycles. The number of rotatable bonds is 12. The van der Waals surface area contributed by atoms with E-state index in [0.717, 1.165) is 40.9 Å². The lowest BCUT2D eigenvalue weighted by Gasteiger charge is -2.43. The predicted molar refractivity (Wildman–Crippen MR) is 179 cm³/mol. The van der Waals surface area contributed by atoms with Crippen molar-refractivity contribution in [2.45, 2.75) is 51.4 Å². The lowest BCUT2D eigenvalue weighted by molar-refractivity contribution is 0.117. The smallest absolute Gasteiger partial charge is 0.261 e. The van der Waals surface area contributed by atoms with E-state index < -0.39 is 8.32 Å². The van der Waals surface area contributed by atoms with Gasteiger partial charge in [0.25, 0.3) is 8.32 Å². The molecule has 4 nitrogen and oxygen atoms in total. The van der Waals surface area contributed by atoms with E-state index in [1.54, 1.807) is 0 Å². The second-order valence-electron chi connectivity index (χ2n) is 12.1. The van der Waals surface area contributed by atoms with Gasteiger partial charge in [-0.05, 0) is 68.7 Å². The Kier molecular flexibility index (Phi) is 9.78. The zero-order valence-electron chi connectivity index (χ0n) is 25.5. The van der Waals surface area contributed by atoms with Gasteiger partial charge in [-0.15, -0.1) is 0 Å². The number of ether oxygens (including phenoxy) is 1. The van der Waals surface area contributed by atoms with Gasteiger partial charge in [0.15, 0.2) is 0 Å². The molecule has 5 rings (SSSR count). The summed E-state index contributed by atoms with van der Waals surface area (Å²) < 4.78 is 19.2. The summed E-state index contributed by atoms with van der Waals surface area (Å²) in [4.78, 5) is 0. The molecular weight excluding hydrogens is 549 g/mol. The summed E-state index contributed by atoms with van der Waals surface area (Å²) >= 11 is 0. The van der Waals surface area contributed by atoms with Crippen LogP contribution in [0.3, 0.4) is 0 Å². The van der Waals surface area contributed by atoms with E-state index in [9.17, 15) is 5.11 Å². The second-order valence-corrected chi connectivity index (χ2v) is 16.4. The maximum atomic E-state index is 9.44. The highest BCUT2D eigenvalue weighted by Gasteiger charge is 2.50. The molecule has 0 amide bonds. The molecule has 0 fully saturated rings. The molecule has 0 saturated carbocycles. The zero-order chi connectivity index (χ0) is 30.3. The van der Waals surface area contributed by atoms with E-state index in [4.69, 9.17) is 13.6 Å². The summed E-state index contributed by atoms with van der Waals surface area (Å²) in [6, 6.07) is 35.5. The largest absolute Gasteiger partial charge is 0.459 e. The second kappa shape index (κ2) is 13.7. The lowest BCUT2D eigenvalue weighted by atomic mass is 9.94. The summed E-state index contributed by atoms with van der Waals surface area (Å²) in [7, 11) is -2.68. The molecule has 0 radical (unpaired) electrons. The van der Waals surface area contributed by atoms with E-state index >= 15 is 0 Å². The first-order chi connectivity index (χ1) is 20.8. The Morgan fingerprint density at radius 1 is 0.907 bits per heavy atom. The molecule has 1 atom stereocenters. The molecule has 2 heterocycles. The van der Waals surface area contributed by atoms with Crippen LogP contribution in [0.25, 0.3) is 11.6 Å². The predicted octanol–water partition coefficient (Wildman–Crippen LogP) is 7.55. The molecule has 1 aliphatic heterocycles. The molecule has 222 valence electrons. The van der Waals surface area contributed by atoms with E-state index in [2.05, 4.69) is 112 Å². The lowest BCUT2D eigenvalue weighted by Crippen LogP contribution is -2.66. The monoisotopic (exact) mass is 590 g/mol. The van der Waals surface area contributed by atoms with Crippen molar-refractivity contribution >= 4 is 30.3 Å².